The quantitative estimate of drug-likeness (QED) is 0.541. The van der Waals surface area contributed by atoms with Gasteiger partial charge in [0.2, 0.25) is 6.04 Å². The Hall–Kier alpha value is -2.11. The molecule has 0 aliphatic carbocycles. The van der Waals surface area contributed by atoms with E-state index in [0.717, 1.165) is 0 Å². The standard InChI is InChI=1S/C8H7N3O3/c12-7-5(8(13)14)10-4-2-1-3-9-6(4)11-7/h1-3,5,10H,(H,13,14)(H,9,11,12)/t5-/m0/s1. The predicted molar refractivity (Wildman–Crippen MR) is 47.9 cm³/mol. The zero-order valence-corrected chi connectivity index (χ0v) is 7.02. The summed E-state index contributed by atoms with van der Waals surface area (Å²) in [4.78, 5) is 25.7. The molecule has 1 amide bonds. The van der Waals surface area contributed by atoms with E-state index in [4.69, 9.17) is 5.11 Å². The lowest BCUT2D eigenvalue weighted by molar-refractivity contribution is -0.140. The van der Waals surface area contributed by atoms with E-state index >= 15 is 0 Å². The summed E-state index contributed by atoms with van der Waals surface area (Å²) in [6.45, 7) is 0. The van der Waals surface area contributed by atoms with Gasteiger partial charge in [-0.1, -0.05) is 0 Å². The number of rotatable bonds is 1. The zero-order chi connectivity index (χ0) is 10.1. The highest BCUT2D eigenvalue weighted by Gasteiger charge is 2.31. The molecule has 0 saturated heterocycles. The van der Waals surface area contributed by atoms with Crippen molar-refractivity contribution in [3.63, 3.8) is 0 Å². The summed E-state index contributed by atoms with van der Waals surface area (Å²) in [6.07, 6.45) is 1.52. The van der Waals surface area contributed by atoms with Gasteiger partial charge in [0, 0.05) is 6.20 Å². The number of nitrogens with one attached hydrogen (secondary N) is 2. The number of amides is 1. The number of pyridine rings is 1. The van der Waals surface area contributed by atoms with Crippen LogP contribution in [0.3, 0.4) is 0 Å². The van der Waals surface area contributed by atoms with Gasteiger partial charge in [0.25, 0.3) is 5.91 Å². The third kappa shape index (κ3) is 1.26. The highest BCUT2D eigenvalue weighted by Crippen LogP contribution is 2.22. The Bertz CT molecular complexity index is 405. The highest BCUT2D eigenvalue weighted by molar-refractivity contribution is 6.13. The van der Waals surface area contributed by atoms with Gasteiger partial charge in [0.1, 0.15) is 0 Å². The number of anilines is 2. The molecule has 0 saturated carbocycles. The van der Waals surface area contributed by atoms with E-state index in [1.165, 1.54) is 6.20 Å². The maximum atomic E-state index is 11.2. The van der Waals surface area contributed by atoms with Crippen LogP contribution in [0, 0.1) is 0 Å². The maximum Gasteiger partial charge on any atom is 0.336 e. The Balaban J connectivity index is 2.36. The molecule has 0 fully saturated rings. The van der Waals surface area contributed by atoms with Gasteiger partial charge in [-0.05, 0) is 12.1 Å². The molecule has 0 aromatic carbocycles. The monoisotopic (exact) mass is 193 g/mol. The first-order valence-corrected chi connectivity index (χ1v) is 3.94. The maximum absolute atomic E-state index is 11.2. The fraction of sp³-hybridized carbons (Fsp3) is 0.125. The molecule has 1 aliphatic heterocycles. The first-order chi connectivity index (χ1) is 6.68. The molecular formula is C8H7N3O3. The molecule has 0 spiro atoms. The van der Waals surface area contributed by atoms with Crippen LogP contribution in [-0.2, 0) is 9.59 Å². The third-order valence-corrected chi connectivity index (χ3v) is 1.86. The Labute approximate surface area is 79.0 Å². The second kappa shape index (κ2) is 2.99. The van der Waals surface area contributed by atoms with Crippen molar-refractivity contribution in [1.82, 2.24) is 4.98 Å². The fourth-order valence-electron chi connectivity index (χ4n) is 1.21. The number of carboxylic acids is 1. The molecule has 0 bridgehead atoms. The van der Waals surface area contributed by atoms with Crippen LogP contribution < -0.4 is 10.6 Å². The van der Waals surface area contributed by atoms with E-state index in [9.17, 15) is 9.59 Å². The summed E-state index contributed by atoms with van der Waals surface area (Å²) in [5, 5.41) is 13.7. The Morgan fingerprint density at radius 3 is 3.07 bits per heavy atom. The van der Waals surface area contributed by atoms with Gasteiger partial charge in [0.15, 0.2) is 5.82 Å². The molecule has 6 heteroatoms. The van der Waals surface area contributed by atoms with Crippen LogP contribution in [0.4, 0.5) is 11.5 Å². The minimum Gasteiger partial charge on any atom is -0.479 e. The molecular weight excluding hydrogens is 186 g/mol. The molecule has 72 valence electrons. The number of hydrogen-bond donors (Lipinski definition) is 3. The molecule has 3 N–H and O–H groups in total. The number of hydrogen-bond acceptors (Lipinski definition) is 4. The van der Waals surface area contributed by atoms with Gasteiger partial charge in [-0.2, -0.15) is 0 Å². The van der Waals surface area contributed by atoms with Crippen molar-refractivity contribution in [3.8, 4) is 0 Å². The largest absolute Gasteiger partial charge is 0.479 e. The number of carbonyl (C=O) groups excluding carboxylic acids is 1. The molecule has 1 aromatic heterocycles. The lowest BCUT2D eigenvalue weighted by Crippen LogP contribution is -2.44. The summed E-state index contributed by atoms with van der Waals surface area (Å²) in [5.74, 6) is -1.46. The molecule has 6 nitrogen and oxygen atoms in total. The number of nitrogens with zero attached hydrogens (tertiary/aromatic N) is 1. The molecule has 2 heterocycles. The Morgan fingerprint density at radius 1 is 1.57 bits per heavy atom. The van der Waals surface area contributed by atoms with E-state index in [1.54, 1.807) is 12.1 Å². The van der Waals surface area contributed by atoms with Crippen LogP contribution in [0.1, 0.15) is 0 Å². The van der Waals surface area contributed by atoms with Gasteiger partial charge in [-0.15, -0.1) is 0 Å². The number of aliphatic carboxylic acids is 1. The number of carboxylic acid groups (broad SMARTS) is 1. The lowest BCUT2D eigenvalue weighted by Gasteiger charge is -2.22. The summed E-state index contributed by atoms with van der Waals surface area (Å²) < 4.78 is 0. The van der Waals surface area contributed by atoms with Crippen LogP contribution in [0.5, 0.6) is 0 Å². The molecule has 2 rings (SSSR count). The summed E-state index contributed by atoms with van der Waals surface area (Å²) in [5.41, 5.74) is 0.513. The van der Waals surface area contributed by atoms with Gasteiger partial charge < -0.3 is 15.7 Å². The molecule has 14 heavy (non-hydrogen) atoms. The summed E-state index contributed by atoms with van der Waals surface area (Å²) in [6, 6.07) is 2.06. The van der Waals surface area contributed by atoms with Crippen molar-refractivity contribution < 1.29 is 14.7 Å². The predicted octanol–water partition coefficient (Wildman–Crippen LogP) is -0.101. The van der Waals surface area contributed by atoms with Gasteiger partial charge >= 0.3 is 5.97 Å². The molecule has 0 unspecified atom stereocenters. The summed E-state index contributed by atoms with van der Waals surface area (Å²) in [7, 11) is 0. The minimum atomic E-state index is -1.24. The van der Waals surface area contributed by atoms with E-state index in [0.29, 0.717) is 11.5 Å². The van der Waals surface area contributed by atoms with Crippen molar-refractivity contribution in [2.45, 2.75) is 6.04 Å². The van der Waals surface area contributed by atoms with Gasteiger partial charge in [-0.3, -0.25) is 4.79 Å². The first kappa shape index (κ1) is 8.49. The smallest absolute Gasteiger partial charge is 0.336 e. The molecule has 0 radical (unpaired) electrons. The van der Waals surface area contributed by atoms with Crippen molar-refractivity contribution in [3.05, 3.63) is 18.3 Å². The fourth-order valence-corrected chi connectivity index (χ4v) is 1.21. The number of carbonyl (C=O) groups is 2. The lowest BCUT2D eigenvalue weighted by atomic mass is 10.2. The molecule has 1 aromatic rings. The molecule has 1 atom stereocenters. The Morgan fingerprint density at radius 2 is 2.36 bits per heavy atom. The van der Waals surface area contributed by atoms with Crippen molar-refractivity contribution in [2.24, 2.45) is 0 Å². The Kier molecular flexibility index (Phi) is 1.81. The topological polar surface area (TPSA) is 91.3 Å². The second-order valence-corrected chi connectivity index (χ2v) is 2.80. The van der Waals surface area contributed by atoms with Crippen molar-refractivity contribution in [1.29, 1.82) is 0 Å². The minimum absolute atomic E-state index is 0.356. The number of fused-ring (bicyclic) bond motifs is 1. The van der Waals surface area contributed by atoms with Gasteiger partial charge in [-0.25, -0.2) is 9.78 Å². The SMILES string of the molecule is O=C(O)[C@H]1Nc2cccnc2NC1=O. The van der Waals surface area contributed by atoms with E-state index in [-0.39, 0.29) is 0 Å². The average Bonchev–Trinajstić information content (AvgIpc) is 2.16. The van der Waals surface area contributed by atoms with Crippen LogP contribution in [0.2, 0.25) is 0 Å². The van der Waals surface area contributed by atoms with Crippen LogP contribution in [-0.4, -0.2) is 28.0 Å². The molecule has 1 aliphatic rings. The van der Waals surface area contributed by atoms with E-state index < -0.39 is 17.9 Å². The van der Waals surface area contributed by atoms with E-state index in [1.807, 2.05) is 0 Å². The van der Waals surface area contributed by atoms with Crippen LogP contribution in [0.25, 0.3) is 0 Å². The van der Waals surface area contributed by atoms with Crippen molar-refractivity contribution in [2.75, 3.05) is 10.6 Å². The van der Waals surface area contributed by atoms with Gasteiger partial charge in [0.05, 0.1) is 5.69 Å². The van der Waals surface area contributed by atoms with Crippen molar-refractivity contribution >= 4 is 23.4 Å². The average molecular weight is 193 g/mol. The van der Waals surface area contributed by atoms with E-state index in [2.05, 4.69) is 15.6 Å². The normalized spacial score (nSPS) is 19.1. The zero-order valence-electron chi connectivity index (χ0n) is 7.02. The second-order valence-electron chi connectivity index (χ2n) is 2.80. The third-order valence-electron chi connectivity index (χ3n) is 1.86. The highest BCUT2D eigenvalue weighted by atomic mass is 16.4. The summed E-state index contributed by atoms with van der Waals surface area (Å²) >= 11 is 0. The number of aromatic nitrogens is 1. The van der Waals surface area contributed by atoms with Crippen LogP contribution >= 0.6 is 0 Å². The van der Waals surface area contributed by atoms with Crippen LogP contribution in [0.15, 0.2) is 18.3 Å². The first-order valence-electron chi connectivity index (χ1n) is 3.94.